The lowest BCUT2D eigenvalue weighted by molar-refractivity contribution is -0.255. The summed E-state index contributed by atoms with van der Waals surface area (Å²) in [4.78, 5) is 36.1. The molecule has 1 N–H and O–H groups in total. The van der Waals surface area contributed by atoms with Gasteiger partial charge < -0.3 is 15.2 Å². The van der Waals surface area contributed by atoms with Crippen molar-refractivity contribution in [3.05, 3.63) is 69.6 Å². The van der Waals surface area contributed by atoms with E-state index in [4.69, 9.17) is 0 Å². The number of anilines is 1. The number of benzene rings is 2. The van der Waals surface area contributed by atoms with Gasteiger partial charge in [0.2, 0.25) is 5.91 Å². The molecule has 0 unspecified atom stereocenters. The van der Waals surface area contributed by atoms with E-state index in [0.717, 1.165) is 15.8 Å². The lowest BCUT2D eigenvalue weighted by Crippen LogP contribution is -2.34. The number of hydrogen-bond donors (Lipinski definition) is 1. The second kappa shape index (κ2) is 6.79. The Morgan fingerprint density at radius 1 is 1.08 bits per heavy atom. The van der Waals surface area contributed by atoms with Crippen LogP contribution in [-0.4, -0.2) is 21.7 Å². The Morgan fingerprint density at radius 2 is 1.77 bits per heavy atom. The fourth-order valence-electron chi connectivity index (χ4n) is 2.65. The number of aromatic nitrogens is 2. The molecule has 26 heavy (non-hydrogen) atoms. The first kappa shape index (κ1) is 17.3. The van der Waals surface area contributed by atoms with E-state index in [-0.39, 0.29) is 16.5 Å². The van der Waals surface area contributed by atoms with Crippen molar-refractivity contribution in [2.24, 2.45) is 0 Å². The van der Waals surface area contributed by atoms with Crippen LogP contribution in [0.3, 0.4) is 0 Å². The van der Waals surface area contributed by atoms with Crippen LogP contribution in [0.1, 0.15) is 21.6 Å². The van der Waals surface area contributed by atoms with Crippen molar-refractivity contribution in [3.8, 4) is 0 Å². The van der Waals surface area contributed by atoms with Gasteiger partial charge in [-0.1, -0.05) is 24.3 Å². The lowest BCUT2D eigenvalue weighted by Gasteiger charge is -2.12. The topological polar surface area (TPSA) is 104 Å². The van der Waals surface area contributed by atoms with Crippen molar-refractivity contribution >= 4 is 28.3 Å². The van der Waals surface area contributed by atoms with E-state index < -0.39 is 24.0 Å². The first-order valence-corrected chi connectivity index (χ1v) is 7.95. The molecule has 0 atom stereocenters. The molecule has 0 spiro atoms. The van der Waals surface area contributed by atoms with Gasteiger partial charge in [-0.25, -0.2) is 4.68 Å². The fourth-order valence-corrected chi connectivity index (χ4v) is 2.65. The first-order chi connectivity index (χ1) is 12.4. The number of nitrogens with one attached hydrogen (secondary N) is 1. The SMILES string of the molecule is Cc1ccc(NC(=O)Cn2nc(C(=O)[O-])c3ccccc3c2=O)cc1C. The number of carboxylic acids is 1. The third kappa shape index (κ3) is 3.32. The van der Waals surface area contributed by atoms with Crippen LogP contribution in [0.4, 0.5) is 5.69 Å². The van der Waals surface area contributed by atoms with Gasteiger partial charge in [-0.05, 0) is 43.2 Å². The van der Waals surface area contributed by atoms with Crippen LogP contribution in [0.15, 0.2) is 47.3 Å². The van der Waals surface area contributed by atoms with Crippen molar-refractivity contribution in [1.82, 2.24) is 9.78 Å². The molecule has 0 aliphatic heterocycles. The van der Waals surface area contributed by atoms with Crippen LogP contribution in [-0.2, 0) is 11.3 Å². The Morgan fingerprint density at radius 3 is 2.42 bits per heavy atom. The molecule has 1 amide bonds. The highest BCUT2D eigenvalue weighted by atomic mass is 16.4. The number of carbonyl (C=O) groups excluding carboxylic acids is 2. The number of aryl methyl sites for hydroxylation is 2. The van der Waals surface area contributed by atoms with E-state index in [1.807, 2.05) is 26.0 Å². The summed E-state index contributed by atoms with van der Waals surface area (Å²) < 4.78 is 0.837. The Bertz CT molecular complexity index is 1090. The monoisotopic (exact) mass is 350 g/mol. The van der Waals surface area contributed by atoms with Gasteiger partial charge >= 0.3 is 0 Å². The molecule has 3 aromatic rings. The maximum Gasteiger partial charge on any atom is 0.275 e. The molecule has 0 saturated heterocycles. The third-order valence-corrected chi connectivity index (χ3v) is 4.15. The lowest BCUT2D eigenvalue weighted by atomic mass is 10.1. The van der Waals surface area contributed by atoms with Gasteiger partial charge in [-0.15, -0.1) is 0 Å². The van der Waals surface area contributed by atoms with E-state index in [2.05, 4.69) is 10.4 Å². The van der Waals surface area contributed by atoms with E-state index in [0.29, 0.717) is 5.69 Å². The molecule has 132 valence electrons. The number of hydrogen-bond acceptors (Lipinski definition) is 5. The molecular formula is C19H16N3O4-. The van der Waals surface area contributed by atoms with Crippen molar-refractivity contribution in [3.63, 3.8) is 0 Å². The molecule has 0 radical (unpaired) electrons. The van der Waals surface area contributed by atoms with Crippen molar-refractivity contribution in [1.29, 1.82) is 0 Å². The van der Waals surface area contributed by atoms with Crippen LogP contribution in [0.2, 0.25) is 0 Å². The van der Waals surface area contributed by atoms with Crippen LogP contribution < -0.4 is 16.0 Å². The smallest absolute Gasteiger partial charge is 0.275 e. The standard InChI is InChI=1S/C19H17N3O4/c1-11-7-8-13(9-12(11)2)20-16(23)10-22-18(24)15-6-4-3-5-14(15)17(21-22)19(25)26/h3-9H,10H2,1-2H3,(H,20,23)(H,25,26)/p-1. The quantitative estimate of drug-likeness (QED) is 0.756. The van der Waals surface area contributed by atoms with Gasteiger partial charge in [-0.3, -0.25) is 9.59 Å². The zero-order chi connectivity index (χ0) is 18.8. The molecule has 3 rings (SSSR count). The zero-order valence-corrected chi connectivity index (χ0v) is 14.3. The molecule has 7 nitrogen and oxygen atoms in total. The average molecular weight is 350 g/mol. The second-order valence-electron chi connectivity index (χ2n) is 5.99. The van der Waals surface area contributed by atoms with Crippen molar-refractivity contribution in [2.75, 3.05) is 5.32 Å². The van der Waals surface area contributed by atoms with Gasteiger partial charge in [0.1, 0.15) is 12.2 Å². The number of nitrogens with zero attached hydrogens (tertiary/aromatic N) is 2. The largest absolute Gasteiger partial charge is 0.543 e. The minimum Gasteiger partial charge on any atom is -0.543 e. The zero-order valence-electron chi connectivity index (χ0n) is 14.3. The molecule has 2 aromatic carbocycles. The minimum atomic E-state index is -1.51. The molecule has 1 aromatic heterocycles. The number of amides is 1. The number of fused-ring (bicyclic) bond motifs is 1. The van der Waals surface area contributed by atoms with Gasteiger partial charge in [-0.2, -0.15) is 5.10 Å². The van der Waals surface area contributed by atoms with Crippen LogP contribution in [0.25, 0.3) is 10.8 Å². The number of carbonyl (C=O) groups is 2. The van der Waals surface area contributed by atoms with Crippen LogP contribution >= 0.6 is 0 Å². The molecule has 0 saturated carbocycles. The Hall–Kier alpha value is -3.48. The highest BCUT2D eigenvalue weighted by Crippen LogP contribution is 2.15. The Balaban J connectivity index is 1.94. The van der Waals surface area contributed by atoms with E-state index in [1.54, 1.807) is 18.2 Å². The van der Waals surface area contributed by atoms with Gasteiger partial charge in [0.15, 0.2) is 0 Å². The normalized spacial score (nSPS) is 10.7. The Kier molecular flexibility index (Phi) is 4.53. The number of carboxylic acid groups (broad SMARTS) is 1. The number of rotatable bonds is 4. The molecule has 0 aliphatic carbocycles. The molecule has 1 heterocycles. The molecular weight excluding hydrogens is 334 g/mol. The summed E-state index contributed by atoms with van der Waals surface area (Å²) >= 11 is 0. The molecule has 0 bridgehead atoms. The second-order valence-corrected chi connectivity index (χ2v) is 5.99. The third-order valence-electron chi connectivity index (χ3n) is 4.15. The van der Waals surface area contributed by atoms with Crippen molar-refractivity contribution < 1.29 is 14.7 Å². The summed E-state index contributed by atoms with van der Waals surface area (Å²) in [7, 11) is 0. The van der Waals surface area contributed by atoms with Gasteiger partial charge in [0, 0.05) is 11.1 Å². The van der Waals surface area contributed by atoms with Crippen LogP contribution in [0, 0.1) is 13.8 Å². The summed E-state index contributed by atoms with van der Waals surface area (Å²) in [5.74, 6) is -1.99. The van der Waals surface area contributed by atoms with E-state index >= 15 is 0 Å². The summed E-state index contributed by atoms with van der Waals surface area (Å²) in [5, 5.41) is 18.2. The maximum absolute atomic E-state index is 12.5. The highest BCUT2D eigenvalue weighted by Gasteiger charge is 2.13. The maximum atomic E-state index is 12.5. The summed E-state index contributed by atoms with van der Waals surface area (Å²) in [6.45, 7) is 3.48. The summed E-state index contributed by atoms with van der Waals surface area (Å²) in [6, 6.07) is 11.6. The summed E-state index contributed by atoms with van der Waals surface area (Å²) in [6.07, 6.45) is 0. The minimum absolute atomic E-state index is 0.167. The Labute approximate surface area is 148 Å². The van der Waals surface area contributed by atoms with Crippen molar-refractivity contribution in [2.45, 2.75) is 20.4 Å². The van der Waals surface area contributed by atoms with Gasteiger partial charge in [0.05, 0.1) is 11.4 Å². The molecule has 7 heteroatoms. The fraction of sp³-hybridized carbons (Fsp3) is 0.158. The van der Waals surface area contributed by atoms with E-state index in [1.165, 1.54) is 12.1 Å². The molecule has 0 aliphatic rings. The first-order valence-electron chi connectivity index (χ1n) is 7.95. The van der Waals surface area contributed by atoms with Gasteiger partial charge in [0.25, 0.3) is 5.56 Å². The highest BCUT2D eigenvalue weighted by molar-refractivity contribution is 6.00. The predicted molar refractivity (Wildman–Crippen MR) is 94.9 cm³/mol. The van der Waals surface area contributed by atoms with Crippen LogP contribution in [0.5, 0.6) is 0 Å². The predicted octanol–water partition coefficient (Wildman–Crippen LogP) is 1.02. The van der Waals surface area contributed by atoms with E-state index in [9.17, 15) is 19.5 Å². The summed E-state index contributed by atoms with van der Waals surface area (Å²) in [5.41, 5.74) is 1.78. The molecule has 0 fully saturated rings. The average Bonchev–Trinajstić information content (AvgIpc) is 2.60. The number of aromatic carboxylic acids is 1.